The number of ketones is 1. The van der Waals surface area contributed by atoms with Gasteiger partial charge in [0, 0.05) is 20.9 Å². The van der Waals surface area contributed by atoms with E-state index in [4.69, 9.17) is 11.6 Å². The maximum absolute atomic E-state index is 12.8. The zero-order chi connectivity index (χ0) is 32.2. The number of halogens is 7. The fourth-order valence-corrected chi connectivity index (χ4v) is 7.16. The zero-order valence-electron chi connectivity index (χ0n) is 23.4. The molecule has 0 unspecified atom stereocenters. The minimum absolute atomic E-state index is 0.0253. The molecular formula is C33H26ClF6OS2Sb. The topological polar surface area (TPSA) is 17.1 Å². The Bertz CT molecular complexity index is 1690. The van der Waals surface area contributed by atoms with Gasteiger partial charge in [0.05, 0.1) is 15.9 Å². The summed E-state index contributed by atoms with van der Waals surface area (Å²) in [6.07, 6.45) is 0. The third-order valence-corrected chi connectivity index (χ3v) is 9.77. The van der Waals surface area contributed by atoms with E-state index in [0.29, 0.717) is 16.1 Å². The van der Waals surface area contributed by atoms with Crippen LogP contribution in [0.15, 0.2) is 146 Å². The molecule has 0 aliphatic carbocycles. The molecule has 0 atom stereocenters. The summed E-state index contributed by atoms with van der Waals surface area (Å²) in [6, 6.07) is 41.2. The van der Waals surface area contributed by atoms with Gasteiger partial charge >= 0.3 is 36.4 Å². The first-order valence-corrected chi connectivity index (χ1v) is 21.2. The van der Waals surface area contributed by atoms with Gasteiger partial charge in [0.15, 0.2) is 20.5 Å². The zero-order valence-corrected chi connectivity index (χ0v) is 28.3. The third-order valence-electron chi connectivity index (χ3n) is 6.03. The predicted molar refractivity (Wildman–Crippen MR) is 169 cm³/mol. The first-order chi connectivity index (χ1) is 20.4. The molecule has 0 aliphatic heterocycles. The van der Waals surface area contributed by atoms with E-state index in [1.165, 1.54) is 25.8 Å². The second-order valence-corrected chi connectivity index (χ2v) is 18.8. The van der Waals surface area contributed by atoms with Crippen molar-refractivity contribution in [1.82, 2.24) is 0 Å². The van der Waals surface area contributed by atoms with Crippen molar-refractivity contribution in [1.29, 1.82) is 0 Å². The summed E-state index contributed by atoms with van der Waals surface area (Å²) in [5.74, 6) is -0.0253. The normalized spacial score (nSPS) is 13.0. The molecule has 1 nitrogen and oxygen atoms in total. The van der Waals surface area contributed by atoms with Crippen molar-refractivity contribution in [2.24, 2.45) is 0 Å². The summed E-state index contributed by atoms with van der Waals surface area (Å²) in [5.41, 5.74) is 3.77. The maximum atomic E-state index is 12.8. The molecule has 0 N–H and O–H groups in total. The van der Waals surface area contributed by atoms with Gasteiger partial charge in [-0.3, -0.25) is 4.79 Å². The molecule has 5 aromatic rings. The minimum atomic E-state index is -11.2. The van der Waals surface area contributed by atoms with E-state index >= 15 is 0 Å². The monoisotopic (exact) mass is 772 g/mol. The molecule has 0 aliphatic rings. The number of carbonyl (C=O) groups excluding carboxylic acids is 1. The number of benzene rings is 5. The van der Waals surface area contributed by atoms with Gasteiger partial charge in [0.1, 0.15) is 0 Å². The van der Waals surface area contributed by atoms with Gasteiger partial charge in [-0.25, -0.2) is 0 Å². The van der Waals surface area contributed by atoms with E-state index in [1.807, 2.05) is 42.5 Å². The number of hydrogen-bond acceptors (Lipinski definition) is 2. The van der Waals surface area contributed by atoms with Gasteiger partial charge in [-0.15, -0.1) is 0 Å². The Hall–Kier alpha value is -2.84. The summed E-state index contributed by atoms with van der Waals surface area (Å²) in [7, 11) is -0.190. The van der Waals surface area contributed by atoms with Crippen molar-refractivity contribution >= 4 is 59.5 Å². The van der Waals surface area contributed by atoms with E-state index in [-0.39, 0.29) is 16.7 Å². The molecule has 0 saturated heterocycles. The van der Waals surface area contributed by atoms with Crippen LogP contribution in [0.5, 0.6) is 0 Å². The second kappa shape index (κ2) is 12.9. The molecule has 0 radical (unpaired) electrons. The van der Waals surface area contributed by atoms with E-state index in [1.54, 1.807) is 17.8 Å². The Morgan fingerprint density at radius 3 is 1.48 bits per heavy atom. The molecule has 0 spiro atoms. The third kappa shape index (κ3) is 11.0. The van der Waals surface area contributed by atoms with Gasteiger partial charge in [-0.2, -0.15) is 0 Å². The standard InChI is InChI=1S/C33H26ClOS2.6FH.Sb/c1-23-8-15-28(16-9-23)37(29-17-10-24(2)11-18-29)30-19-13-27(14-20-30)36-32-21-12-26(22-31(32)34)33(35)25-6-4-3-5-7-25;;;;;;;/h3-22H,1-2H3;6*1H;/q+1;;;;;;;+5/p-6. The van der Waals surface area contributed by atoms with E-state index in [2.05, 4.69) is 86.6 Å². The Morgan fingerprint density at radius 2 is 1.05 bits per heavy atom. The van der Waals surface area contributed by atoms with E-state index in [0.717, 1.165) is 9.79 Å². The van der Waals surface area contributed by atoms with Crippen molar-refractivity contribution in [2.75, 3.05) is 0 Å². The fraction of sp³-hybridized carbons (Fsp3) is 0.0606. The quantitative estimate of drug-likeness (QED) is 0.0709. The van der Waals surface area contributed by atoms with Crippen LogP contribution >= 0.6 is 23.4 Å². The van der Waals surface area contributed by atoms with Gasteiger partial charge in [-0.05, 0) is 80.6 Å². The molecule has 0 heterocycles. The molecule has 0 aromatic heterocycles. The van der Waals surface area contributed by atoms with Gasteiger partial charge in [0.2, 0.25) is 0 Å². The number of aryl methyl sites for hydroxylation is 2. The summed E-state index contributed by atoms with van der Waals surface area (Å²) in [5, 5.41) is 0.579. The van der Waals surface area contributed by atoms with Crippen molar-refractivity contribution in [2.45, 2.75) is 38.3 Å². The first-order valence-electron chi connectivity index (χ1n) is 13.0. The number of rotatable bonds is 7. The Morgan fingerprint density at radius 1 is 0.614 bits per heavy atom. The van der Waals surface area contributed by atoms with Gasteiger partial charge in [-0.1, -0.05) is 89.1 Å². The summed E-state index contributed by atoms with van der Waals surface area (Å²) < 4.78 is 59.6. The van der Waals surface area contributed by atoms with Crippen molar-refractivity contribution < 1.29 is 21.7 Å². The van der Waals surface area contributed by atoms with Crippen LogP contribution in [-0.4, -0.2) is 25.3 Å². The van der Waals surface area contributed by atoms with Crippen LogP contribution < -0.4 is 0 Å². The molecule has 5 aromatic carbocycles. The molecule has 0 amide bonds. The van der Waals surface area contributed by atoms with Crippen LogP contribution in [0.4, 0.5) is 16.9 Å². The van der Waals surface area contributed by atoms with Gasteiger partial charge < -0.3 is 0 Å². The van der Waals surface area contributed by atoms with Crippen LogP contribution in [0.2, 0.25) is 5.02 Å². The van der Waals surface area contributed by atoms with Gasteiger partial charge in [0.25, 0.3) is 0 Å². The van der Waals surface area contributed by atoms with Crippen molar-refractivity contribution in [3.63, 3.8) is 0 Å². The summed E-state index contributed by atoms with van der Waals surface area (Å²) >= 11 is -3.04. The van der Waals surface area contributed by atoms with Crippen molar-refractivity contribution in [3.05, 3.63) is 149 Å². The molecule has 44 heavy (non-hydrogen) atoms. The fourth-order valence-electron chi connectivity index (χ4n) is 4.01. The van der Waals surface area contributed by atoms with Crippen molar-refractivity contribution in [3.8, 4) is 0 Å². The number of carbonyl (C=O) groups is 1. The molecular weight excluding hydrogens is 748 g/mol. The van der Waals surface area contributed by atoms with Crippen LogP contribution in [0.1, 0.15) is 27.0 Å². The van der Waals surface area contributed by atoms with E-state index in [9.17, 15) is 21.7 Å². The average Bonchev–Trinajstić information content (AvgIpc) is 2.95. The predicted octanol–water partition coefficient (Wildman–Crippen LogP) is 11.6. The van der Waals surface area contributed by atoms with Crippen LogP contribution in [0.3, 0.4) is 0 Å². The Kier molecular flexibility index (Phi) is 9.96. The van der Waals surface area contributed by atoms with Crippen LogP contribution in [0, 0.1) is 13.8 Å². The number of hydrogen-bond donors (Lipinski definition) is 0. The van der Waals surface area contributed by atoms with E-state index < -0.39 is 19.5 Å². The SMILES string of the molecule is Cc1ccc([S+](c2ccc(C)cc2)c2ccc(Sc3ccc(C(=O)c4ccccc4)cc3Cl)cc2)cc1.[F][Sb-]([F])([F])([F])([F])[F]. The Balaban J connectivity index is 0.000000566. The molecule has 5 rings (SSSR count). The molecule has 0 fully saturated rings. The molecule has 230 valence electrons. The van der Waals surface area contributed by atoms with Crippen LogP contribution in [0.25, 0.3) is 0 Å². The summed E-state index contributed by atoms with van der Waals surface area (Å²) in [4.78, 5) is 18.7. The average molecular weight is 774 g/mol. The molecule has 0 bridgehead atoms. The van der Waals surface area contributed by atoms with Crippen LogP contribution in [-0.2, 0) is 10.9 Å². The summed E-state index contributed by atoms with van der Waals surface area (Å²) in [6.45, 7) is 4.24. The first kappa shape index (κ1) is 34.0. The molecule has 0 saturated carbocycles. The molecule has 11 heteroatoms. The Labute approximate surface area is 266 Å². The second-order valence-electron chi connectivity index (χ2n) is 9.80.